The average Bonchev–Trinajstić information content (AvgIpc) is 2.31. The van der Waals surface area contributed by atoms with Gasteiger partial charge >= 0.3 is 0 Å². The molecule has 1 aromatic carbocycles. The van der Waals surface area contributed by atoms with E-state index in [1.165, 1.54) is 12.1 Å². The third-order valence-corrected chi connectivity index (χ3v) is 2.92. The normalized spacial score (nSPS) is 12.5. The van der Waals surface area contributed by atoms with Gasteiger partial charge in [-0.25, -0.2) is 8.78 Å². The predicted molar refractivity (Wildman–Crippen MR) is 76.9 cm³/mol. The van der Waals surface area contributed by atoms with Gasteiger partial charge in [-0.05, 0) is 36.6 Å². The molecule has 0 radical (unpaired) electrons. The molecule has 1 nitrogen and oxygen atoms in total. The molecule has 0 aromatic heterocycles. The maximum Gasteiger partial charge on any atom is 0.130 e. The summed E-state index contributed by atoms with van der Waals surface area (Å²) in [5.74, 6) is 0.0657. The molecule has 0 aliphatic carbocycles. The van der Waals surface area contributed by atoms with Crippen molar-refractivity contribution in [2.45, 2.75) is 27.7 Å². The molecular weight excluding hydrogens is 244 g/mol. The van der Waals surface area contributed by atoms with Crippen LogP contribution >= 0.6 is 0 Å². The van der Waals surface area contributed by atoms with E-state index in [4.69, 9.17) is 0 Å². The number of benzene rings is 1. The Labute approximate surface area is 114 Å². The minimum Gasteiger partial charge on any atom is -0.313 e. The number of nitrogens with one attached hydrogen (secondary N) is 1. The van der Waals surface area contributed by atoms with Crippen LogP contribution < -0.4 is 5.32 Å². The lowest BCUT2D eigenvalue weighted by Crippen LogP contribution is -2.23. The van der Waals surface area contributed by atoms with Crippen LogP contribution in [0.3, 0.4) is 0 Å². The van der Waals surface area contributed by atoms with Gasteiger partial charge in [0.2, 0.25) is 0 Å². The summed E-state index contributed by atoms with van der Waals surface area (Å²) >= 11 is 0. The van der Waals surface area contributed by atoms with Crippen molar-refractivity contribution < 1.29 is 8.78 Å². The topological polar surface area (TPSA) is 12.0 Å². The second-order valence-corrected chi connectivity index (χ2v) is 5.56. The van der Waals surface area contributed by atoms with Crippen molar-refractivity contribution in [1.82, 2.24) is 5.32 Å². The summed E-state index contributed by atoms with van der Waals surface area (Å²) < 4.78 is 26.8. The van der Waals surface area contributed by atoms with E-state index in [9.17, 15) is 8.78 Å². The van der Waals surface area contributed by atoms with Gasteiger partial charge in [0.25, 0.3) is 0 Å². The van der Waals surface area contributed by atoms with Gasteiger partial charge in [0.15, 0.2) is 0 Å². The van der Waals surface area contributed by atoms with E-state index < -0.39 is 5.82 Å². The Bertz CT molecular complexity index is 436. The Morgan fingerprint density at radius 1 is 1.21 bits per heavy atom. The van der Waals surface area contributed by atoms with E-state index >= 15 is 0 Å². The number of hydrogen-bond acceptors (Lipinski definition) is 1. The van der Waals surface area contributed by atoms with Crippen LogP contribution in [0.1, 0.15) is 33.3 Å². The number of halogens is 2. The van der Waals surface area contributed by atoms with Crippen LogP contribution in [0.15, 0.2) is 23.8 Å². The summed E-state index contributed by atoms with van der Waals surface area (Å²) in [6.45, 7) is 10.00. The van der Waals surface area contributed by atoms with E-state index in [1.54, 1.807) is 6.08 Å². The zero-order chi connectivity index (χ0) is 14.4. The molecule has 1 aromatic rings. The molecule has 19 heavy (non-hydrogen) atoms. The molecule has 0 aliphatic heterocycles. The van der Waals surface area contributed by atoms with Gasteiger partial charge in [-0.3, -0.25) is 0 Å². The van der Waals surface area contributed by atoms with Crippen molar-refractivity contribution in [3.63, 3.8) is 0 Å². The monoisotopic (exact) mass is 267 g/mol. The highest BCUT2D eigenvalue weighted by Gasteiger charge is 2.07. The van der Waals surface area contributed by atoms with Crippen molar-refractivity contribution >= 4 is 6.08 Å². The smallest absolute Gasteiger partial charge is 0.130 e. The zero-order valence-electron chi connectivity index (χ0n) is 12.1. The van der Waals surface area contributed by atoms with Crippen LogP contribution in [0.2, 0.25) is 0 Å². The van der Waals surface area contributed by atoms with Crippen molar-refractivity contribution in [1.29, 1.82) is 0 Å². The molecule has 0 unspecified atom stereocenters. The summed E-state index contributed by atoms with van der Waals surface area (Å²) in [4.78, 5) is 0. The first-order valence-corrected chi connectivity index (χ1v) is 6.76. The SMILES string of the molecule is CC(C)CNCC(=Cc1cc(F)ccc1F)C(C)C. The Hall–Kier alpha value is -1.22. The average molecular weight is 267 g/mol. The first-order chi connectivity index (χ1) is 8.90. The third-order valence-electron chi connectivity index (χ3n) is 2.92. The maximum absolute atomic E-state index is 13.6. The van der Waals surface area contributed by atoms with Crippen molar-refractivity contribution in [2.24, 2.45) is 11.8 Å². The van der Waals surface area contributed by atoms with Gasteiger partial charge in [-0.2, -0.15) is 0 Å². The number of hydrogen-bond donors (Lipinski definition) is 1. The van der Waals surface area contributed by atoms with Gasteiger partial charge < -0.3 is 5.32 Å². The lowest BCUT2D eigenvalue weighted by molar-refractivity contribution is 0.558. The Morgan fingerprint density at radius 3 is 2.47 bits per heavy atom. The first-order valence-electron chi connectivity index (χ1n) is 6.76. The molecule has 0 aliphatic rings. The molecular formula is C16H23F2N. The van der Waals surface area contributed by atoms with Crippen LogP contribution in [0.25, 0.3) is 6.08 Å². The van der Waals surface area contributed by atoms with E-state index in [-0.39, 0.29) is 5.82 Å². The molecule has 3 heteroatoms. The van der Waals surface area contributed by atoms with Gasteiger partial charge in [0.1, 0.15) is 11.6 Å². The van der Waals surface area contributed by atoms with Gasteiger partial charge in [-0.15, -0.1) is 0 Å². The first kappa shape index (κ1) is 15.8. The zero-order valence-corrected chi connectivity index (χ0v) is 12.1. The minimum atomic E-state index is -0.411. The fourth-order valence-electron chi connectivity index (χ4n) is 1.75. The number of rotatable bonds is 6. The second kappa shape index (κ2) is 7.39. The van der Waals surface area contributed by atoms with Crippen LogP contribution in [-0.4, -0.2) is 13.1 Å². The highest BCUT2D eigenvalue weighted by atomic mass is 19.1. The van der Waals surface area contributed by atoms with Crippen molar-refractivity contribution in [2.75, 3.05) is 13.1 Å². The summed E-state index contributed by atoms with van der Waals surface area (Å²) in [6.07, 6.45) is 1.75. The highest BCUT2D eigenvalue weighted by Crippen LogP contribution is 2.17. The summed E-state index contributed by atoms with van der Waals surface area (Å²) in [7, 11) is 0. The predicted octanol–water partition coefficient (Wildman–Crippen LogP) is 4.25. The van der Waals surface area contributed by atoms with Crippen molar-refractivity contribution in [3.8, 4) is 0 Å². The molecule has 106 valence electrons. The molecule has 1 N–H and O–H groups in total. The quantitative estimate of drug-likeness (QED) is 0.812. The molecule has 0 heterocycles. The molecule has 0 bridgehead atoms. The summed E-state index contributed by atoms with van der Waals surface area (Å²) in [5.41, 5.74) is 1.39. The molecule has 0 saturated heterocycles. The lowest BCUT2D eigenvalue weighted by Gasteiger charge is -2.14. The van der Waals surface area contributed by atoms with Crippen LogP contribution in [0, 0.1) is 23.5 Å². The third kappa shape index (κ3) is 5.52. The largest absolute Gasteiger partial charge is 0.313 e. The van der Waals surface area contributed by atoms with E-state index in [1.807, 2.05) is 0 Å². The Kier molecular flexibility index (Phi) is 6.16. The van der Waals surface area contributed by atoms with Gasteiger partial charge in [0.05, 0.1) is 0 Å². The Morgan fingerprint density at radius 2 is 1.89 bits per heavy atom. The van der Waals surface area contributed by atoms with Crippen LogP contribution in [0.4, 0.5) is 8.78 Å². The van der Waals surface area contributed by atoms with E-state index in [0.717, 1.165) is 18.2 Å². The fraction of sp³-hybridized carbons (Fsp3) is 0.500. The maximum atomic E-state index is 13.6. The van der Waals surface area contributed by atoms with Crippen LogP contribution in [-0.2, 0) is 0 Å². The molecule has 0 fully saturated rings. The van der Waals surface area contributed by atoms with E-state index in [0.29, 0.717) is 23.9 Å². The molecule has 0 saturated carbocycles. The van der Waals surface area contributed by atoms with Crippen molar-refractivity contribution in [3.05, 3.63) is 41.0 Å². The molecule has 0 atom stereocenters. The highest BCUT2D eigenvalue weighted by molar-refractivity contribution is 5.54. The fourth-order valence-corrected chi connectivity index (χ4v) is 1.75. The molecule has 0 amide bonds. The second-order valence-electron chi connectivity index (χ2n) is 5.56. The lowest BCUT2D eigenvalue weighted by atomic mass is 9.99. The summed E-state index contributed by atoms with van der Waals surface area (Å²) in [6, 6.07) is 3.54. The van der Waals surface area contributed by atoms with Crippen LogP contribution in [0.5, 0.6) is 0 Å². The van der Waals surface area contributed by atoms with Gasteiger partial charge in [-0.1, -0.05) is 39.3 Å². The standard InChI is InChI=1S/C16H23F2N/c1-11(2)9-19-10-14(12(3)4)7-13-8-15(17)5-6-16(13)18/h5-8,11-12,19H,9-10H2,1-4H3. The van der Waals surface area contributed by atoms with E-state index in [2.05, 4.69) is 33.0 Å². The van der Waals surface area contributed by atoms with Gasteiger partial charge in [0, 0.05) is 12.1 Å². The molecule has 0 spiro atoms. The molecule has 1 rings (SSSR count). The summed E-state index contributed by atoms with van der Waals surface area (Å²) in [5, 5.41) is 3.34. The minimum absolute atomic E-state index is 0.294. The Balaban J connectivity index is 2.85.